The predicted octanol–water partition coefficient (Wildman–Crippen LogP) is 2.37. The highest BCUT2D eigenvalue weighted by Crippen LogP contribution is 2.18. The molecule has 0 spiro atoms. The van der Waals surface area contributed by atoms with Crippen molar-refractivity contribution in [3.63, 3.8) is 0 Å². The lowest BCUT2D eigenvalue weighted by atomic mass is 10.1. The molecule has 5 heteroatoms. The van der Waals surface area contributed by atoms with Gasteiger partial charge in [-0.1, -0.05) is 35.0 Å². The van der Waals surface area contributed by atoms with Crippen molar-refractivity contribution in [1.82, 2.24) is 10.1 Å². The zero-order chi connectivity index (χ0) is 11.5. The van der Waals surface area contributed by atoms with Crippen molar-refractivity contribution in [3.8, 4) is 0 Å². The van der Waals surface area contributed by atoms with Gasteiger partial charge in [-0.05, 0) is 18.6 Å². The molecule has 1 aromatic heterocycles. The van der Waals surface area contributed by atoms with Gasteiger partial charge in [0.15, 0.2) is 5.82 Å². The Labute approximate surface area is 97.9 Å². The minimum absolute atomic E-state index is 0.294. The molecule has 1 heterocycles. The molecular formula is C11H11ClN2O2. The number of aliphatic hydroxyl groups is 1. The predicted molar refractivity (Wildman–Crippen MR) is 59.2 cm³/mol. The van der Waals surface area contributed by atoms with Crippen LogP contribution in [-0.4, -0.2) is 15.2 Å². The van der Waals surface area contributed by atoms with Crippen LogP contribution in [0.4, 0.5) is 0 Å². The summed E-state index contributed by atoms with van der Waals surface area (Å²) in [5.74, 6) is 0.742. The van der Waals surface area contributed by atoms with Crippen molar-refractivity contribution in [2.45, 2.75) is 19.4 Å². The molecule has 1 aromatic carbocycles. The molecule has 0 aliphatic rings. The van der Waals surface area contributed by atoms with Gasteiger partial charge in [0.25, 0.3) is 0 Å². The third-order valence-electron chi connectivity index (χ3n) is 2.16. The largest absolute Gasteiger partial charge is 0.385 e. The van der Waals surface area contributed by atoms with Crippen molar-refractivity contribution in [2.24, 2.45) is 0 Å². The van der Waals surface area contributed by atoms with E-state index in [0.29, 0.717) is 23.2 Å². The standard InChI is InChI=1S/C11H11ClN2O2/c1-7(15)11-13-10(16-14-11)6-8-4-2-3-5-9(8)12/h2-5,7,15H,6H2,1H3. The van der Waals surface area contributed by atoms with Gasteiger partial charge in [0.2, 0.25) is 5.89 Å². The molecule has 2 rings (SSSR count). The fourth-order valence-electron chi connectivity index (χ4n) is 1.31. The van der Waals surface area contributed by atoms with Crippen LogP contribution < -0.4 is 0 Å². The molecule has 16 heavy (non-hydrogen) atoms. The zero-order valence-electron chi connectivity index (χ0n) is 8.72. The van der Waals surface area contributed by atoms with Crippen LogP contribution in [0, 0.1) is 0 Å². The molecule has 0 saturated heterocycles. The molecule has 0 aliphatic heterocycles. The van der Waals surface area contributed by atoms with Crippen molar-refractivity contribution in [1.29, 1.82) is 0 Å². The van der Waals surface area contributed by atoms with Gasteiger partial charge < -0.3 is 9.63 Å². The van der Waals surface area contributed by atoms with E-state index in [1.807, 2.05) is 24.3 Å². The van der Waals surface area contributed by atoms with E-state index < -0.39 is 6.10 Å². The second-order valence-electron chi connectivity index (χ2n) is 3.49. The molecule has 1 N–H and O–H groups in total. The molecule has 1 atom stereocenters. The molecule has 4 nitrogen and oxygen atoms in total. The Kier molecular flexibility index (Phi) is 3.22. The molecule has 0 fully saturated rings. The van der Waals surface area contributed by atoms with Crippen molar-refractivity contribution < 1.29 is 9.63 Å². The van der Waals surface area contributed by atoms with E-state index in [4.69, 9.17) is 16.1 Å². The topological polar surface area (TPSA) is 59.2 Å². The summed E-state index contributed by atoms with van der Waals surface area (Å²) < 4.78 is 5.01. The number of rotatable bonds is 3. The molecule has 0 aliphatic carbocycles. The number of hydrogen-bond acceptors (Lipinski definition) is 4. The van der Waals surface area contributed by atoms with Gasteiger partial charge in [-0.2, -0.15) is 4.98 Å². The number of hydrogen-bond donors (Lipinski definition) is 1. The van der Waals surface area contributed by atoms with E-state index in [0.717, 1.165) is 5.56 Å². The Hall–Kier alpha value is -1.39. The average Bonchev–Trinajstić information content (AvgIpc) is 2.70. The first-order valence-electron chi connectivity index (χ1n) is 4.91. The average molecular weight is 239 g/mol. The lowest BCUT2D eigenvalue weighted by molar-refractivity contribution is 0.184. The van der Waals surface area contributed by atoms with Crippen LogP contribution in [0.15, 0.2) is 28.8 Å². The maximum Gasteiger partial charge on any atom is 0.231 e. The summed E-state index contributed by atoms with van der Waals surface area (Å²) in [7, 11) is 0. The lowest BCUT2D eigenvalue weighted by Gasteiger charge is -1.98. The van der Waals surface area contributed by atoms with Gasteiger partial charge in [0.1, 0.15) is 6.10 Å². The van der Waals surface area contributed by atoms with E-state index in [2.05, 4.69) is 10.1 Å². The van der Waals surface area contributed by atoms with Gasteiger partial charge in [0, 0.05) is 5.02 Å². The first-order valence-corrected chi connectivity index (χ1v) is 5.28. The van der Waals surface area contributed by atoms with E-state index >= 15 is 0 Å². The van der Waals surface area contributed by atoms with Crippen molar-refractivity contribution in [3.05, 3.63) is 46.6 Å². The van der Waals surface area contributed by atoms with Gasteiger partial charge in [-0.15, -0.1) is 0 Å². The summed E-state index contributed by atoms with van der Waals surface area (Å²) in [5, 5.41) is 13.6. The van der Waals surface area contributed by atoms with E-state index in [9.17, 15) is 5.11 Å². The molecule has 0 radical (unpaired) electrons. The van der Waals surface area contributed by atoms with Crippen LogP contribution in [0.3, 0.4) is 0 Å². The smallest absolute Gasteiger partial charge is 0.231 e. The van der Waals surface area contributed by atoms with Crippen LogP contribution in [0.5, 0.6) is 0 Å². The third-order valence-corrected chi connectivity index (χ3v) is 2.53. The van der Waals surface area contributed by atoms with Crippen LogP contribution in [0.25, 0.3) is 0 Å². The van der Waals surface area contributed by atoms with E-state index in [1.54, 1.807) is 6.92 Å². The van der Waals surface area contributed by atoms with Gasteiger partial charge in [-0.3, -0.25) is 0 Å². The summed E-state index contributed by atoms with van der Waals surface area (Å²) in [4.78, 5) is 4.06. The number of aliphatic hydroxyl groups excluding tert-OH is 1. The van der Waals surface area contributed by atoms with Crippen LogP contribution in [0.1, 0.15) is 30.3 Å². The monoisotopic (exact) mass is 238 g/mol. The maximum absolute atomic E-state index is 9.25. The SMILES string of the molecule is CC(O)c1noc(Cc2ccccc2Cl)n1. The third kappa shape index (κ3) is 2.40. The first kappa shape index (κ1) is 11.1. The number of halogens is 1. The highest BCUT2D eigenvalue weighted by molar-refractivity contribution is 6.31. The van der Waals surface area contributed by atoms with E-state index in [1.165, 1.54) is 0 Å². The van der Waals surface area contributed by atoms with Crippen LogP contribution >= 0.6 is 11.6 Å². The van der Waals surface area contributed by atoms with Crippen LogP contribution in [0.2, 0.25) is 5.02 Å². The lowest BCUT2D eigenvalue weighted by Crippen LogP contribution is -1.94. The minimum atomic E-state index is -0.719. The molecule has 0 amide bonds. The fraction of sp³-hybridized carbons (Fsp3) is 0.273. The second-order valence-corrected chi connectivity index (χ2v) is 3.90. The molecule has 84 valence electrons. The molecule has 0 bridgehead atoms. The van der Waals surface area contributed by atoms with Crippen LogP contribution in [-0.2, 0) is 6.42 Å². The Morgan fingerprint density at radius 3 is 2.81 bits per heavy atom. The van der Waals surface area contributed by atoms with Gasteiger partial charge in [-0.25, -0.2) is 0 Å². The summed E-state index contributed by atoms with van der Waals surface area (Å²) in [6.07, 6.45) is -0.247. The Morgan fingerprint density at radius 2 is 2.19 bits per heavy atom. The molecule has 0 saturated carbocycles. The van der Waals surface area contributed by atoms with Gasteiger partial charge in [0.05, 0.1) is 6.42 Å². The normalized spacial score (nSPS) is 12.7. The van der Waals surface area contributed by atoms with Gasteiger partial charge >= 0.3 is 0 Å². The highest BCUT2D eigenvalue weighted by Gasteiger charge is 2.12. The first-order chi connectivity index (χ1) is 7.66. The Morgan fingerprint density at radius 1 is 1.44 bits per heavy atom. The minimum Gasteiger partial charge on any atom is -0.385 e. The Balaban J connectivity index is 2.18. The second kappa shape index (κ2) is 4.63. The maximum atomic E-state index is 9.25. The molecule has 1 unspecified atom stereocenters. The zero-order valence-corrected chi connectivity index (χ0v) is 9.48. The van der Waals surface area contributed by atoms with Crippen molar-refractivity contribution in [2.75, 3.05) is 0 Å². The summed E-state index contributed by atoms with van der Waals surface area (Å²) in [6, 6.07) is 7.46. The number of benzene rings is 1. The fourth-order valence-corrected chi connectivity index (χ4v) is 1.52. The van der Waals surface area contributed by atoms with E-state index in [-0.39, 0.29) is 0 Å². The number of aromatic nitrogens is 2. The number of nitrogens with zero attached hydrogens (tertiary/aromatic N) is 2. The Bertz CT molecular complexity index is 482. The molecular weight excluding hydrogens is 228 g/mol. The highest BCUT2D eigenvalue weighted by atomic mass is 35.5. The summed E-state index contributed by atoms with van der Waals surface area (Å²) in [6.45, 7) is 1.59. The van der Waals surface area contributed by atoms with Crippen molar-refractivity contribution >= 4 is 11.6 Å². The quantitative estimate of drug-likeness (QED) is 0.892. The summed E-state index contributed by atoms with van der Waals surface area (Å²) in [5.41, 5.74) is 0.921. The summed E-state index contributed by atoms with van der Waals surface area (Å²) >= 11 is 6.00. The molecule has 2 aromatic rings.